The summed E-state index contributed by atoms with van der Waals surface area (Å²) >= 11 is 0. The maximum absolute atomic E-state index is 9.26. The molecule has 2 aromatic rings. The van der Waals surface area contributed by atoms with Crippen LogP contribution in [0.2, 0.25) is 0 Å². The van der Waals surface area contributed by atoms with Crippen molar-refractivity contribution in [3.63, 3.8) is 0 Å². The molecule has 0 bridgehead atoms. The van der Waals surface area contributed by atoms with Gasteiger partial charge in [-0.2, -0.15) is 5.26 Å². The molecule has 0 radical (unpaired) electrons. The summed E-state index contributed by atoms with van der Waals surface area (Å²) in [6.07, 6.45) is 2.29. The Morgan fingerprint density at radius 2 is 2.20 bits per heavy atom. The molecule has 1 fully saturated rings. The Morgan fingerprint density at radius 1 is 1.35 bits per heavy atom. The molecule has 0 spiro atoms. The van der Waals surface area contributed by atoms with Crippen LogP contribution >= 0.6 is 0 Å². The largest absolute Gasteiger partial charge is 0.378 e. The van der Waals surface area contributed by atoms with Gasteiger partial charge in [0.2, 0.25) is 0 Å². The van der Waals surface area contributed by atoms with E-state index in [-0.39, 0.29) is 0 Å². The van der Waals surface area contributed by atoms with E-state index in [9.17, 15) is 5.26 Å². The van der Waals surface area contributed by atoms with E-state index in [1.807, 2.05) is 24.3 Å². The van der Waals surface area contributed by atoms with Gasteiger partial charge in [-0.15, -0.1) is 10.2 Å². The first kappa shape index (κ1) is 12.8. The van der Waals surface area contributed by atoms with Gasteiger partial charge in [0.25, 0.3) is 0 Å². The molecule has 0 aliphatic carbocycles. The maximum Gasteiger partial charge on any atom is 0.186 e. The first-order valence-electron chi connectivity index (χ1n) is 6.88. The van der Waals surface area contributed by atoms with Crippen molar-refractivity contribution in [2.45, 2.75) is 18.9 Å². The topological polar surface area (TPSA) is 64.8 Å². The maximum atomic E-state index is 9.26. The molecule has 1 aliphatic rings. The third-order valence-corrected chi connectivity index (χ3v) is 3.75. The van der Waals surface area contributed by atoms with E-state index in [1.54, 1.807) is 0 Å². The fourth-order valence-electron chi connectivity index (χ4n) is 2.77. The van der Waals surface area contributed by atoms with Crippen LogP contribution in [0.15, 0.2) is 24.3 Å². The Balaban J connectivity index is 1.98. The van der Waals surface area contributed by atoms with Gasteiger partial charge in [0, 0.05) is 18.0 Å². The van der Waals surface area contributed by atoms with Gasteiger partial charge in [0.05, 0.1) is 11.2 Å². The van der Waals surface area contributed by atoms with Crippen molar-refractivity contribution in [3.8, 4) is 6.07 Å². The molecule has 0 amide bonds. The van der Waals surface area contributed by atoms with Crippen molar-refractivity contribution in [1.29, 1.82) is 5.26 Å². The average molecular weight is 267 g/mol. The zero-order valence-electron chi connectivity index (χ0n) is 11.5. The van der Waals surface area contributed by atoms with Crippen molar-refractivity contribution >= 4 is 16.6 Å². The molecule has 0 saturated carbocycles. The van der Waals surface area contributed by atoms with Crippen molar-refractivity contribution in [3.05, 3.63) is 30.0 Å². The number of anilines is 1. The Labute approximate surface area is 118 Å². The standard InChI is InChI=1S/C15H17N5/c1-20-8-4-5-11(10-20)17-15-12-6-2-3-7-13(12)18-19-14(15)9-16/h2-3,6-7,11H,4-5,8,10H2,1H3,(H,17,18). The number of likely N-dealkylation sites (tertiary alicyclic amines) is 1. The van der Waals surface area contributed by atoms with Crippen molar-refractivity contribution < 1.29 is 0 Å². The normalized spacial score (nSPS) is 19.7. The van der Waals surface area contributed by atoms with Crippen molar-refractivity contribution in [2.24, 2.45) is 0 Å². The summed E-state index contributed by atoms with van der Waals surface area (Å²) in [4.78, 5) is 2.31. The summed E-state index contributed by atoms with van der Waals surface area (Å²) in [6.45, 7) is 2.13. The Kier molecular flexibility index (Phi) is 3.48. The number of likely N-dealkylation sites (N-methyl/N-ethyl adjacent to an activating group) is 1. The van der Waals surface area contributed by atoms with Gasteiger partial charge in [0.1, 0.15) is 6.07 Å². The summed E-state index contributed by atoms with van der Waals surface area (Å²) in [6, 6.07) is 10.3. The van der Waals surface area contributed by atoms with Gasteiger partial charge in [-0.1, -0.05) is 18.2 Å². The van der Waals surface area contributed by atoms with Gasteiger partial charge in [-0.05, 0) is 32.5 Å². The first-order valence-corrected chi connectivity index (χ1v) is 6.88. The highest BCUT2D eigenvalue weighted by atomic mass is 15.2. The lowest BCUT2D eigenvalue weighted by Crippen LogP contribution is -2.40. The smallest absolute Gasteiger partial charge is 0.186 e. The summed E-state index contributed by atoms with van der Waals surface area (Å²) in [5.41, 5.74) is 2.01. The highest BCUT2D eigenvalue weighted by Crippen LogP contribution is 2.26. The number of rotatable bonds is 2. The van der Waals surface area contributed by atoms with E-state index in [2.05, 4.69) is 33.5 Å². The number of nitriles is 1. The van der Waals surface area contributed by atoms with Gasteiger partial charge < -0.3 is 10.2 Å². The average Bonchev–Trinajstić information content (AvgIpc) is 2.48. The molecule has 1 aromatic carbocycles. The van der Waals surface area contributed by atoms with Crippen molar-refractivity contribution in [1.82, 2.24) is 15.1 Å². The van der Waals surface area contributed by atoms with Gasteiger partial charge in [-0.25, -0.2) is 0 Å². The number of fused-ring (bicyclic) bond motifs is 1. The van der Waals surface area contributed by atoms with Gasteiger partial charge >= 0.3 is 0 Å². The highest BCUT2D eigenvalue weighted by molar-refractivity contribution is 5.92. The van der Waals surface area contributed by atoms with Gasteiger partial charge in [-0.3, -0.25) is 0 Å². The summed E-state index contributed by atoms with van der Waals surface area (Å²) in [7, 11) is 2.13. The lowest BCUT2D eigenvalue weighted by atomic mass is 10.0. The molecule has 20 heavy (non-hydrogen) atoms. The van der Waals surface area contributed by atoms with E-state index in [0.717, 1.165) is 36.1 Å². The van der Waals surface area contributed by atoms with E-state index in [4.69, 9.17) is 0 Å². The van der Waals surface area contributed by atoms with E-state index < -0.39 is 0 Å². The number of benzene rings is 1. The number of piperidine rings is 1. The Hall–Kier alpha value is -2.19. The second kappa shape index (κ2) is 5.43. The lowest BCUT2D eigenvalue weighted by molar-refractivity contribution is 0.261. The quantitative estimate of drug-likeness (QED) is 0.901. The highest BCUT2D eigenvalue weighted by Gasteiger charge is 2.19. The minimum Gasteiger partial charge on any atom is -0.378 e. The number of hydrogen-bond acceptors (Lipinski definition) is 5. The first-order chi connectivity index (χ1) is 9.78. The molecular weight excluding hydrogens is 250 g/mol. The van der Waals surface area contributed by atoms with Crippen LogP contribution in [0.5, 0.6) is 0 Å². The van der Waals surface area contributed by atoms with E-state index in [1.165, 1.54) is 6.42 Å². The van der Waals surface area contributed by atoms with Crippen LogP contribution in [-0.2, 0) is 0 Å². The summed E-state index contributed by atoms with van der Waals surface area (Å²) < 4.78 is 0. The fourth-order valence-corrected chi connectivity index (χ4v) is 2.77. The minimum absolute atomic E-state index is 0.355. The third kappa shape index (κ3) is 2.43. The molecule has 1 aliphatic heterocycles. The number of hydrogen-bond donors (Lipinski definition) is 1. The van der Waals surface area contributed by atoms with E-state index in [0.29, 0.717) is 11.7 Å². The molecule has 1 aromatic heterocycles. The van der Waals surface area contributed by atoms with Crippen LogP contribution in [0.4, 0.5) is 5.69 Å². The molecule has 1 unspecified atom stereocenters. The fraction of sp³-hybridized carbons (Fsp3) is 0.400. The molecule has 5 nitrogen and oxygen atoms in total. The predicted molar refractivity (Wildman–Crippen MR) is 78.4 cm³/mol. The van der Waals surface area contributed by atoms with Crippen molar-refractivity contribution in [2.75, 3.05) is 25.5 Å². The second-order valence-electron chi connectivity index (χ2n) is 5.30. The Morgan fingerprint density at radius 3 is 3.00 bits per heavy atom. The minimum atomic E-state index is 0.355. The van der Waals surface area contributed by atoms with Crippen LogP contribution in [0.25, 0.3) is 10.9 Å². The Bertz CT molecular complexity index is 661. The zero-order chi connectivity index (χ0) is 13.9. The molecule has 102 valence electrons. The monoisotopic (exact) mass is 267 g/mol. The van der Waals surface area contributed by atoms with Crippen LogP contribution in [0.3, 0.4) is 0 Å². The predicted octanol–water partition coefficient (Wildman–Crippen LogP) is 2.01. The third-order valence-electron chi connectivity index (χ3n) is 3.75. The molecular formula is C15H17N5. The van der Waals surface area contributed by atoms with Crippen LogP contribution in [0.1, 0.15) is 18.5 Å². The number of nitrogens with one attached hydrogen (secondary N) is 1. The molecule has 1 atom stereocenters. The molecule has 1 saturated heterocycles. The summed E-state index contributed by atoms with van der Waals surface area (Å²) in [5.74, 6) is 0. The van der Waals surface area contributed by atoms with Crippen LogP contribution in [-0.4, -0.2) is 41.3 Å². The molecule has 3 rings (SSSR count). The van der Waals surface area contributed by atoms with Gasteiger partial charge in [0.15, 0.2) is 5.69 Å². The molecule has 2 heterocycles. The number of nitrogens with zero attached hydrogens (tertiary/aromatic N) is 4. The SMILES string of the molecule is CN1CCCC(Nc2c(C#N)nnc3ccccc23)C1. The zero-order valence-corrected chi connectivity index (χ0v) is 11.5. The number of aromatic nitrogens is 2. The molecule has 1 N–H and O–H groups in total. The summed E-state index contributed by atoms with van der Waals surface area (Å²) in [5, 5.41) is 21.8. The van der Waals surface area contributed by atoms with Crippen LogP contribution in [0, 0.1) is 11.3 Å². The molecule has 5 heteroatoms. The lowest BCUT2D eigenvalue weighted by Gasteiger charge is -2.31. The van der Waals surface area contributed by atoms with E-state index >= 15 is 0 Å². The second-order valence-corrected chi connectivity index (χ2v) is 5.30. The van der Waals surface area contributed by atoms with Crippen LogP contribution < -0.4 is 5.32 Å².